The molecule has 2 unspecified atom stereocenters. The zero-order chi connectivity index (χ0) is 17.5. The summed E-state index contributed by atoms with van der Waals surface area (Å²) in [6.07, 6.45) is 3.26. The van der Waals surface area contributed by atoms with Crippen LogP contribution in [0.2, 0.25) is 0 Å². The lowest BCUT2D eigenvalue weighted by atomic mass is 10.2. The molecule has 0 saturated heterocycles. The third kappa shape index (κ3) is 7.89. The van der Waals surface area contributed by atoms with Crippen molar-refractivity contribution in [1.82, 2.24) is 14.9 Å². The van der Waals surface area contributed by atoms with E-state index < -0.39 is 19.6 Å². The SMILES string of the molecule is COC(=O)C(N)Cc1cn(CC(=O)NCCOP(C)(=O)O)cn1. The predicted molar refractivity (Wildman–Crippen MR) is 80.6 cm³/mol. The number of methoxy groups -OCH3 is 1. The molecule has 1 rings (SSSR count). The minimum atomic E-state index is -3.53. The van der Waals surface area contributed by atoms with Crippen LogP contribution in [0.1, 0.15) is 5.69 Å². The normalized spacial score (nSPS) is 14.8. The molecule has 1 aromatic rings. The molecule has 0 aliphatic carbocycles. The van der Waals surface area contributed by atoms with Crippen LogP contribution in [0.25, 0.3) is 0 Å². The van der Waals surface area contributed by atoms with E-state index in [1.165, 1.54) is 18.0 Å². The summed E-state index contributed by atoms with van der Waals surface area (Å²) in [4.78, 5) is 35.9. The molecule has 0 fully saturated rings. The largest absolute Gasteiger partial charge is 0.468 e. The maximum absolute atomic E-state index is 11.7. The van der Waals surface area contributed by atoms with E-state index >= 15 is 0 Å². The molecule has 11 heteroatoms. The molecule has 0 aliphatic heterocycles. The lowest BCUT2D eigenvalue weighted by Crippen LogP contribution is -2.33. The Bertz CT molecular complexity index is 584. The first kappa shape index (κ1) is 19.3. The minimum Gasteiger partial charge on any atom is -0.468 e. The molecular formula is C12H21N4O6P. The van der Waals surface area contributed by atoms with E-state index in [4.69, 9.17) is 10.6 Å². The minimum absolute atomic E-state index is 0.0172. The van der Waals surface area contributed by atoms with Gasteiger partial charge in [-0.3, -0.25) is 14.2 Å². The number of aromatic nitrogens is 2. The van der Waals surface area contributed by atoms with Crippen LogP contribution >= 0.6 is 7.60 Å². The Hall–Kier alpha value is -1.74. The molecule has 4 N–H and O–H groups in total. The molecule has 1 aromatic heterocycles. The molecule has 0 aromatic carbocycles. The first-order valence-electron chi connectivity index (χ1n) is 6.77. The lowest BCUT2D eigenvalue weighted by molar-refractivity contribution is -0.142. The number of nitrogens with zero attached hydrogens (tertiary/aromatic N) is 2. The summed E-state index contributed by atoms with van der Waals surface area (Å²) in [5, 5.41) is 2.54. The van der Waals surface area contributed by atoms with Crippen molar-refractivity contribution in [3.05, 3.63) is 18.2 Å². The number of hydrogen-bond donors (Lipinski definition) is 3. The van der Waals surface area contributed by atoms with Gasteiger partial charge in [-0.25, -0.2) is 4.98 Å². The van der Waals surface area contributed by atoms with Crippen LogP contribution in [0.4, 0.5) is 0 Å². The zero-order valence-corrected chi connectivity index (χ0v) is 13.9. The highest BCUT2D eigenvalue weighted by atomic mass is 31.2. The predicted octanol–water partition coefficient (Wildman–Crippen LogP) is -1.13. The zero-order valence-electron chi connectivity index (χ0n) is 13.0. The third-order valence-corrected chi connectivity index (χ3v) is 3.36. The van der Waals surface area contributed by atoms with Crippen LogP contribution in [0.15, 0.2) is 12.5 Å². The van der Waals surface area contributed by atoms with Gasteiger partial charge in [-0.1, -0.05) is 0 Å². The van der Waals surface area contributed by atoms with Crippen LogP contribution in [-0.4, -0.2) is 59.3 Å². The number of hydrogen-bond acceptors (Lipinski definition) is 7. The Labute approximate surface area is 133 Å². The van der Waals surface area contributed by atoms with Crippen molar-refractivity contribution in [2.45, 2.75) is 19.0 Å². The van der Waals surface area contributed by atoms with Gasteiger partial charge in [0.1, 0.15) is 12.6 Å². The Morgan fingerprint density at radius 2 is 2.26 bits per heavy atom. The van der Waals surface area contributed by atoms with Gasteiger partial charge in [0.2, 0.25) is 5.91 Å². The van der Waals surface area contributed by atoms with Crippen molar-refractivity contribution >= 4 is 19.5 Å². The van der Waals surface area contributed by atoms with E-state index in [1.54, 1.807) is 6.20 Å². The fraction of sp³-hybridized carbons (Fsp3) is 0.583. The summed E-state index contributed by atoms with van der Waals surface area (Å²) < 4.78 is 21.6. The average Bonchev–Trinajstić information content (AvgIpc) is 2.88. The van der Waals surface area contributed by atoms with E-state index in [-0.39, 0.29) is 32.0 Å². The van der Waals surface area contributed by atoms with E-state index in [0.29, 0.717) is 5.69 Å². The number of rotatable bonds is 9. The van der Waals surface area contributed by atoms with Crippen LogP contribution in [0.3, 0.4) is 0 Å². The van der Waals surface area contributed by atoms with Crippen molar-refractivity contribution < 1.29 is 28.3 Å². The molecule has 1 amide bonds. The van der Waals surface area contributed by atoms with Crippen LogP contribution in [0, 0.1) is 0 Å². The number of nitrogens with two attached hydrogens (primary N) is 1. The molecule has 10 nitrogen and oxygen atoms in total. The second-order valence-corrected chi connectivity index (χ2v) is 6.72. The molecule has 23 heavy (non-hydrogen) atoms. The first-order chi connectivity index (χ1) is 10.7. The van der Waals surface area contributed by atoms with Gasteiger partial charge in [0.15, 0.2) is 0 Å². The summed E-state index contributed by atoms with van der Waals surface area (Å²) in [5.74, 6) is -0.840. The fourth-order valence-corrected chi connectivity index (χ4v) is 2.12. The number of amides is 1. The standard InChI is InChI=1S/C12H21N4O6P/c1-21-12(18)10(13)5-9-6-16(8-15-9)7-11(17)14-3-4-22-23(2,19)20/h6,8,10H,3-5,7,13H2,1-2H3,(H,14,17)(H,19,20). The van der Waals surface area contributed by atoms with Gasteiger partial charge in [0.25, 0.3) is 0 Å². The highest BCUT2D eigenvalue weighted by Gasteiger charge is 2.16. The summed E-state index contributed by atoms with van der Waals surface area (Å²) in [5.41, 5.74) is 6.19. The molecule has 0 spiro atoms. The maximum atomic E-state index is 11.7. The van der Waals surface area contributed by atoms with Crippen LogP contribution in [-0.2, 0) is 36.4 Å². The van der Waals surface area contributed by atoms with Gasteiger partial charge in [-0.2, -0.15) is 0 Å². The smallest absolute Gasteiger partial charge is 0.325 e. The second-order valence-electron chi connectivity index (χ2n) is 4.86. The van der Waals surface area contributed by atoms with Crippen LogP contribution < -0.4 is 11.1 Å². The van der Waals surface area contributed by atoms with Crippen molar-refractivity contribution in [2.75, 3.05) is 26.9 Å². The van der Waals surface area contributed by atoms with Crippen molar-refractivity contribution in [2.24, 2.45) is 5.73 Å². The summed E-state index contributed by atoms with van der Waals surface area (Å²) in [6, 6.07) is -0.808. The van der Waals surface area contributed by atoms with Crippen molar-refractivity contribution in [3.8, 4) is 0 Å². The first-order valence-corrected chi connectivity index (χ1v) is 8.79. The molecule has 0 saturated carbocycles. The number of carbonyl (C=O) groups is 2. The number of carbonyl (C=O) groups excluding carboxylic acids is 2. The second kappa shape index (κ2) is 8.78. The lowest BCUT2D eigenvalue weighted by Gasteiger charge is -2.08. The average molecular weight is 348 g/mol. The summed E-state index contributed by atoms with van der Waals surface area (Å²) >= 11 is 0. The molecule has 0 radical (unpaired) electrons. The Balaban J connectivity index is 2.36. The monoisotopic (exact) mass is 348 g/mol. The topological polar surface area (TPSA) is 146 Å². The summed E-state index contributed by atoms with van der Waals surface area (Å²) in [6.45, 7) is 1.15. The van der Waals surface area contributed by atoms with Gasteiger partial charge in [-0.05, 0) is 0 Å². The van der Waals surface area contributed by atoms with E-state index in [0.717, 1.165) is 6.66 Å². The number of imidazole rings is 1. The van der Waals surface area contributed by atoms with Gasteiger partial charge in [0, 0.05) is 25.8 Å². The Morgan fingerprint density at radius 1 is 1.57 bits per heavy atom. The molecule has 130 valence electrons. The molecule has 0 aliphatic rings. The van der Waals surface area contributed by atoms with Gasteiger partial charge in [0.05, 0.1) is 25.7 Å². The number of nitrogens with one attached hydrogen (secondary N) is 1. The van der Waals surface area contributed by atoms with E-state index in [2.05, 4.69) is 19.6 Å². The highest BCUT2D eigenvalue weighted by molar-refractivity contribution is 7.51. The van der Waals surface area contributed by atoms with E-state index in [1.807, 2.05) is 0 Å². The molecular weight excluding hydrogens is 327 g/mol. The molecule has 1 heterocycles. The highest BCUT2D eigenvalue weighted by Crippen LogP contribution is 2.35. The number of ether oxygens (including phenoxy) is 1. The van der Waals surface area contributed by atoms with Crippen molar-refractivity contribution in [1.29, 1.82) is 0 Å². The fourth-order valence-electron chi connectivity index (χ4n) is 1.69. The van der Waals surface area contributed by atoms with E-state index in [9.17, 15) is 14.2 Å². The van der Waals surface area contributed by atoms with Gasteiger partial charge >= 0.3 is 13.6 Å². The Kier molecular flexibility index (Phi) is 7.37. The number of esters is 1. The maximum Gasteiger partial charge on any atom is 0.325 e. The van der Waals surface area contributed by atoms with Gasteiger partial charge < -0.3 is 29.8 Å². The summed E-state index contributed by atoms with van der Waals surface area (Å²) in [7, 11) is -2.28. The van der Waals surface area contributed by atoms with Crippen LogP contribution in [0.5, 0.6) is 0 Å². The third-order valence-electron chi connectivity index (χ3n) is 2.70. The molecule has 2 atom stereocenters. The quantitative estimate of drug-likeness (QED) is 0.289. The van der Waals surface area contributed by atoms with Crippen molar-refractivity contribution in [3.63, 3.8) is 0 Å². The Morgan fingerprint density at radius 3 is 2.87 bits per heavy atom. The molecule has 0 bridgehead atoms. The van der Waals surface area contributed by atoms with Gasteiger partial charge in [-0.15, -0.1) is 0 Å².